The molecule has 0 saturated carbocycles. The van der Waals surface area contributed by atoms with Crippen LogP contribution in [0.15, 0.2) is 55.1 Å². The molecule has 8 heteroatoms. The fourth-order valence-corrected chi connectivity index (χ4v) is 2.20. The van der Waals surface area contributed by atoms with Gasteiger partial charge in [0.1, 0.15) is 0 Å². The number of carbonyl (C=O) groups excluding carboxylic acids is 1. The number of hydrogen-bond donors (Lipinski definition) is 2. The van der Waals surface area contributed by atoms with Crippen molar-refractivity contribution < 1.29 is 18.0 Å². The Hall–Kier alpha value is -3.42. The number of carbonyl (C=O) groups is 1. The lowest BCUT2D eigenvalue weighted by Crippen LogP contribution is -2.23. The van der Waals surface area contributed by atoms with Gasteiger partial charge in [-0.2, -0.15) is 0 Å². The van der Waals surface area contributed by atoms with Crippen LogP contribution in [0.4, 0.5) is 24.5 Å². The lowest BCUT2D eigenvalue weighted by Gasteiger charge is -2.10. The third-order valence-electron chi connectivity index (χ3n) is 3.49. The summed E-state index contributed by atoms with van der Waals surface area (Å²) >= 11 is 0. The molecule has 0 atom stereocenters. The van der Waals surface area contributed by atoms with Crippen LogP contribution < -0.4 is 10.6 Å². The number of rotatable bonds is 5. The lowest BCUT2D eigenvalue weighted by molar-refractivity contribution is 0.0950. The van der Waals surface area contributed by atoms with Gasteiger partial charge in [0.25, 0.3) is 5.91 Å². The van der Waals surface area contributed by atoms with E-state index in [4.69, 9.17) is 0 Å². The van der Waals surface area contributed by atoms with Gasteiger partial charge in [-0.25, -0.2) is 13.2 Å². The van der Waals surface area contributed by atoms with Gasteiger partial charge in [0.05, 0.1) is 23.1 Å². The first-order valence-electron chi connectivity index (χ1n) is 7.57. The first kappa shape index (κ1) is 17.4. The van der Waals surface area contributed by atoms with Crippen LogP contribution >= 0.6 is 0 Å². The molecule has 26 heavy (non-hydrogen) atoms. The largest absolute Gasteiger partial charge is 0.352 e. The van der Waals surface area contributed by atoms with Crippen molar-refractivity contribution in [3.63, 3.8) is 0 Å². The Balaban J connectivity index is 1.72. The first-order chi connectivity index (χ1) is 12.5. The van der Waals surface area contributed by atoms with Crippen LogP contribution in [0.2, 0.25) is 0 Å². The van der Waals surface area contributed by atoms with Crippen LogP contribution in [0.5, 0.6) is 0 Å². The van der Waals surface area contributed by atoms with Crippen molar-refractivity contribution in [1.82, 2.24) is 15.3 Å². The van der Waals surface area contributed by atoms with Crippen molar-refractivity contribution in [2.24, 2.45) is 0 Å². The monoisotopic (exact) mass is 358 g/mol. The van der Waals surface area contributed by atoms with Crippen LogP contribution in [0.1, 0.15) is 15.9 Å². The molecule has 1 amide bonds. The van der Waals surface area contributed by atoms with Crippen molar-refractivity contribution in [3.8, 4) is 0 Å². The number of hydrogen-bond acceptors (Lipinski definition) is 4. The summed E-state index contributed by atoms with van der Waals surface area (Å²) in [7, 11) is 0. The third-order valence-corrected chi connectivity index (χ3v) is 3.49. The lowest BCUT2D eigenvalue weighted by atomic mass is 10.2. The van der Waals surface area contributed by atoms with Gasteiger partial charge in [-0.15, -0.1) is 0 Å². The zero-order valence-corrected chi connectivity index (χ0v) is 13.3. The maximum atomic E-state index is 13.7. The Morgan fingerprint density at radius 1 is 1.00 bits per heavy atom. The minimum Gasteiger partial charge on any atom is -0.352 e. The molecule has 3 rings (SSSR count). The normalized spacial score (nSPS) is 10.4. The van der Waals surface area contributed by atoms with Gasteiger partial charge in [0.15, 0.2) is 17.5 Å². The predicted octanol–water partition coefficient (Wildman–Crippen LogP) is 3.57. The topological polar surface area (TPSA) is 66.9 Å². The molecule has 3 aromatic rings. The number of benzene rings is 1. The summed E-state index contributed by atoms with van der Waals surface area (Å²) in [5, 5.41) is 5.28. The molecule has 0 bridgehead atoms. The van der Waals surface area contributed by atoms with Crippen molar-refractivity contribution >= 4 is 17.3 Å². The second-order valence-electron chi connectivity index (χ2n) is 5.35. The van der Waals surface area contributed by atoms with Crippen LogP contribution in [-0.4, -0.2) is 15.9 Å². The van der Waals surface area contributed by atoms with E-state index in [0.717, 1.165) is 17.7 Å². The molecule has 0 aliphatic rings. The van der Waals surface area contributed by atoms with E-state index >= 15 is 0 Å². The summed E-state index contributed by atoms with van der Waals surface area (Å²) in [6, 6.07) is 6.85. The highest BCUT2D eigenvalue weighted by atomic mass is 19.2. The van der Waals surface area contributed by atoms with E-state index in [9.17, 15) is 18.0 Å². The van der Waals surface area contributed by atoms with Crippen molar-refractivity contribution in [2.45, 2.75) is 6.54 Å². The van der Waals surface area contributed by atoms with E-state index in [-0.39, 0.29) is 23.5 Å². The Labute approximate surface area is 146 Å². The van der Waals surface area contributed by atoms with Gasteiger partial charge < -0.3 is 10.6 Å². The number of nitrogens with zero attached hydrogens (tertiary/aromatic N) is 2. The van der Waals surface area contributed by atoms with Gasteiger partial charge in [-0.05, 0) is 29.8 Å². The van der Waals surface area contributed by atoms with Crippen LogP contribution in [0.25, 0.3) is 0 Å². The molecule has 132 valence electrons. The summed E-state index contributed by atoms with van der Waals surface area (Å²) in [5.74, 6) is -4.60. The average molecular weight is 358 g/mol. The summed E-state index contributed by atoms with van der Waals surface area (Å²) in [5.41, 5.74) is 1.04. The summed E-state index contributed by atoms with van der Waals surface area (Å²) in [4.78, 5) is 20.1. The summed E-state index contributed by atoms with van der Waals surface area (Å²) in [6.45, 7) is 0.280. The maximum absolute atomic E-state index is 13.7. The molecular weight excluding hydrogens is 345 g/mol. The fourth-order valence-electron chi connectivity index (χ4n) is 2.20. The predicted molar refractivity (Wildman–Crippen MR) is 89.2 cm³/mol. The average Bonchev–Trinajstić information content (AvgIpc) is 2.67. The quantitative estimate of drug-likeness (QED) is 0.685. The maximum Gasteiger partial charge on any atom is 0.253 e. The highest BCUT2D eigenvalue weighted by Crippen LogP contribution is 2.23. The Kier molecular flexibility index (Phi) is 5.12. The summed E-state index contributed by atoms with van der Waals surface area (Å²) < 4.78 is 40.0. The van der Waals surface area contributed by atoms with Gasteiger partial charge in [-0.1, -0.05) is 6.07 Å². The molecule has 2 aromatic heterocycles. The molecule has 2 heterocycles. The molecule has 5 nitrogen and oxygen atoms in total. The molecule has 0 radical (unpaired) electrons. The smallest absolute Gasteiger partial charge is 0.253 e. The zero-order valence-electron chi connectivity index (χ0n) is 13.3. The number of halogens is 3. The van der Waals surface area contributed by atoms with Crippen molar-refractivity contribution in [1.29, 1.82) is 0 Å². The van der Waals surface area contributed by atoms with Crippen molar-refractivity contribution in [2.75, 3.05) is 5.32 Å². The highest BCUT2D eigenvalue weighted by molar-refractivity contribution is 5.94. The number of amides is 1. The molecule has 0 saturated heterocycles. The number of pyridine rings is 2. The SMILES string of the molecule is O=C(NCc1cccnc1)c1cncc(Nc2ccc(F)c(F)c2F)c1. The fraction of sp³-hybridized carbons (Fsp3) is 0.0556. The standard InChI is InChI=1S/C18H13F3N4O/c19-14-3-4-15(17(21)16(14)20)25-13-6-12(9-23-10-13)18(26)24-8-11-2-1-5-22-7-11/h1-7,9-10,25H,8H2,(H,24,26). The van der Waals surface area contributed by atoms with Crippen LogP contribution in [-0.2, 0) is 6.54 Å². The molecule has 0 aliphatic carbocycles. The van der Waals surface area contributed by atoms with Gasteiger partial charge in [0.2, 0.25) is 0 Å². The zero-order chi connectivity index (χ0) is 18.5. The second kappa shape index (κ2) is 7.64. The second-order valence-corrected chi connectivity index (χ2v) is 5.35. The number of nitrogens with one attached hydrogen (secondary N) is 2. The van der Waals surface area contributed by atoms with Crippen molar-refractivity contribution in [3.05, 3.63) is 83.7 Å². The third kappa shape index (κ3) is 3.97. The molecule has 2 N–H and O–H groups in total. The highest BCUT2D eigenvalue weighted by Gasteiger charge is 2.14. The van der Waals surface area contributed by atoms with Gasteiger partial charge in [-0.3, -0.25) is 14.8 Å². The molecule has 0 aliphatic heterocycles. The van der Waals surface area contributed by atoms with E-state index in [1.54, 1.807) is 18.5 Å². The molecule has 1 aromatic carbocycles. The van der Waals surface area contributed by atoms with Gasteiger partial charge >= 0.3 is 0 Å². The van der Waals surface area contributed by atoms with E-state index in [1.165, 1.54) is 18.5 Å². The van der Waals surface area contributed by atoms with E-state index < -0.39 is 23.4 Å². The van der Waals surface area contributed by atoms with E-state index in [2.05, 4.69) is 20.6 Å². The number of anilines is 2. The molecular formula is C18H13F3N4O. The minimum atomic E-state index is -1.58. The Morgan fingerprint density at radius 2 is 1.85 bits per heavy atom. The first-order valence-corrected chi connectivity index (χ1v) is 7.57. The number of aromatic nitrogens is 2. The molecule has 0 fully saturated rings. The van der Waals surface area contributed by atoms with Crippen LogP contribution in [0.3, 0.4) is 0 Å². The minimum absolute atomic E-state index is 0.224. The van der Waals surface area contributed by atoms with Gasteiger partial charge in [0, 0.05) is 25.1 Å². The van der Waals surface area contributed by atoms with E-state index in [1.807, 2.05) is 6.07 Å². The molecule has 0 spiro atoms. The van der Waals surface area contributed by atoms with E-state index in [0.29, 0.717) is 0 Å². The Morgan fingerprint density at radius 3 is 2.62 bits per heavy atom. The van der Waals surface area contributed by atoms with Crippen LogP contribution in [0, 0.1) is 17.5 Å². The Bertz CT molecular complexity index is 935. The summed E-state index contributed by atoms with van der Waals surface area (Å²) in [6.07, 6.45) is 5.92. The molecule has 0 unspecified atom stereocenters.